The molecule has 1 aliphatic carbocycles. The molecule has 1 saturated carbocycles. The van der Waals surface area contributed by atoms with E-state index in [-0.39, 0.29) is 17.3 Å². The van der Waals surface area contributed by atoms with Gasteiger partial charge in [0.05, 0.1) is 5.39 Å². The molecule has 1 aromatic carbocycles. The van der Waals surface area contributed by atoms with E-state index in [1.54, 1.807) is 17.3 Å². The molecule has 0 unspecified atom stereocenters. The maximum Gasteiger partial charge on any atom is 0.410 e. The van der Waals surface area contributed by atoms with Crippen LogP contribution in [0.25, 0.3) is 22.2 Å². The van der Waals surface area contributed by atoms with Gasteiger partial charge in [-0.3, -0.25) is 9.78 Å². The van der Waals surface area contributed by atoms with Crippen molar-refractivity contribution >= 4 is 22.9 Å². The molecule has 206 valence electrons. The van der Waals surface area contributed by atoms with Crippen LogP contribution in [0.4, 0.5) is 4.79 Å². The number of pyridine rings is 2. The van der Waals surface area contributed by atoms with Crippen molar-refractivity contribution < 1.29 is 19.1 Å². The molecule has 4 heterocycles. The van der Waals surface area contributed by atoms with Crippen molar-refractivity contribution in [3.63, 3.8) is 0 Å². The summed E-state index contributed by atoms with van der Waals surface area (Å²) >= 11 is 0. The number of aromatic nitrogens is 3. The highest BCUT2D eigenvalue weighted by atomic mass is 16.6. The molecule has 0 saturated heterocycles. The molecule has 1 amide bonds. The Morgan fingerprint density at radius 3 is 2.62 bits per heavy atom. The van der Waals surface area contributed by atoms with Crippen molar-refractivity contribution in [1.29, 1.82) is 0 Å². The molecular formula is C32H34N4O4. The molecule has 40 heavy (non-hydrogen) atoms. The Morgan fingerprint density at radius 2 is 1.85 bits per heavy atom. The van der Waals surface area contributed by atoms with E-state index in [0.29, 0.717) is 36.7 Å². The first-order valence-corrected chi connectivity index (χ1v) is 13.8. The monoisotopic (exact) mass is 538 g/mol. The number of amides is 1. The quantitative estimate of drug-likeness (QED) is 0.296. The number of fused-ring (bicyclic) bond motifs is 2. The molecule has 4 aromatic rings. The molecule has 0 bridgehead atoms. The molecule has 2 aliphatic rings. The summed E-state index contributed by atoms with van der Waals surface area (Å²) in [6.07, 6.45) is 8.10. The van der Waals surface area contributed by atoms with Crippen LogP contribution in [0, 0.1) is 5.41 Å². The minimum atomic E-state index is -0.538. The van der Waals surface area contributed by atoms with Gasteiger partial charge in [0, 0.05) is 54.8 Å². The molecule has 0 spiro atoms. The zero-order chi connectivity index (χ0) is 28.1. The summed E-state index contributed by atoms with van der Waals surface area (Å²) in [6.45, 7) is 8.75. The Balaban J connectivity index is 1.26. The van der Waals surface area contributed by atoms with E-state index < -0.39 is 5.60 Å². The lowest BCUT2D eigenvalue weighted by atomic mass is 9.98. The van der Waals surface area contributed by atoms with Gasteiger partial charge >= 0.3 is 6.09 Å². The fourth-order valence-corrected chi connectivity index (χ4v) is 5.13. The molecule has 0 radical (unpaired) electrons. The molecule has 1 N–H and O–H groups in total. The van der Waals surface area contributed by atoms with Crippen LogP contribution in [0.1, 0.15) is 57.4 Å². The Hall–Kier alpha value is -4.20. The van der Waals surface area contributed by atoms with E-state index in [1.165, 1.54) is 5.56 Å². The van der Waals surface area contributed by atoms with Crippen LogP contribution in [-0.4, -0.2) is 43.9 Å². The maximum absolute atomic E-state index is 12.7. The smallest absolute Gasteiger partial charge is 0.410 e. The lowest BCUT2D eigenvalue weighted by Crippen LogP contribution is -2.39. The minimum Gasteiger partial charge on any atom is -0.457 e. The van der Waals surface area contributed by atoms with Gasteiger partial charge in [0.2, 0.25) is 0 Å². The van der Waals surface area contributed by atoms with Crippen LogP contribution < -0.4 is 4.74 Å². The third-order valence-corrected chi connectivity index (χ3v) is 7.75. The summed E-state index contributed by atoms with van der Waals surface area (Å²) in [5, 5.41) is 0.855. The third kappa shape index (κ3) is 5.30. The van der Waals surface area contributed by atoms with Gasteiger partial charge in [0.15, 0.2) is 0 Å². The molecule has 8 nitrogen and oxygen atoms in total. The minimum absolute atomic E-state index is 0.178. The Kier molecular flexibility index (Phi) is 6.36. The lowest BCUT2D eigenvalue weighted by molar-refractivity contribution is -0.122. The number of aromatic amines is 1. The first-order chi connectivity index (χ1) is 19.1. The zero-order valence-electron chi connectivity index (χ0n) is 23.4. The number of carbonyl (C=O) groups excluding carboxylic acids is 2. The summed E-state index contributed by atoms with van der Waals surface area (Å²) in [6, 6.07) is 11.8. The first-order valence-electron chi connectivity index (χ1n) is 13.8. The number of nitrogens with one attached hydrogen (secondary N) is 1. The molecule has 1 fully saturated rings. The number of rotatable bonds is 6. The van der Waals surface area contributed by atoms with Crippen LogP contribution in [0.15, 0.2) is 55.0 Å². The molecule has 1 aliphatic heterocycles. The van der Waals surface area contributed by atoms with Crippen LogP contribution in [-0.2, 0) is 28.9 Å². The van der Waals surface area contributed by atoms with Crippen molar-refractivity contribution in [3.8, 4) is 22.6 Å². The van der Waals surface area contributed by atoms with Crippen LogP contribution in [0.5, 0.6) is 11.5 Å². The number of benzene rings is 1. The van der Waals surface area contributed by atoms with Gasteiger partial charge in [-0.25, -0.2) is 9.78 Å². The van der Waals surface area contributed by atoms with E-state index in [1.807, 2.05) is 64.2 Å². The highest BCUT2D eigenvalue weighted by Crippen LogP contribution is 2.46. The number of carbonyl (C=O) groups is 2. The first kappa shape index (κ1) is 26.0. The summed E-state index contributed by atoms with van der Waals surface area (Å²) in [5.74, 6) is 1.60. The van der Waals surface area contributed by atoms with E-state index in [0.717, 1.165) is 47.0 Å². The number of ketones is 1. The molecular weight excluding hydrogens is 504 g/mol. The summed E-state index contributed by atoms with van der Waals surface area (Å²) in [5.41, 5.74) is 4.88. The van der Waals surface area contributed by atoms with Crippen molar-refractivity contribution in [2.24, 2.45) is 5.41 Å². The van der Waals surface area contributed by atoms with Crippen molar-refractivity contribution in [3.05, 3.63) is 71.8 Å². The largest absolute Gasteiger partial charge is 0.457 e. The van der Waals surface area contributed by atoms with Crippen LogP contribution in [0.3, 0.4) is 0 Å². The van der Waals surface area contributed by atoms with Gasteiger partial charge in [0.1, 0.15) is 28.5 Å². The van der Waals surface area contributed by atoms with Gasteiger partial charge in [0.25, 0.3) is 0 Å². The lowest BCUT2D eigenvalue weighted by Gasteiger charge is -2.31. The molecule has 3 aromatic heterocycles. The van der Waals surface area contributed by atoms with Gasteiger partial charge in [-0.05, 0) is 87.1 Å². The normalized spacial score (nSPS) is 15.9. The fourth-order valence-electron chi connectivity index (χ4n) is 5.13. The zero-order valence-corrected chi connectivity index (χ0v) is 23.4. The molecule has 6 rings (SSSR count). The summed E-state index contributed by atoms with van der Waals surface area (Å²) in [4.78, 5) is 39.3. The van der Waals surface area contributed by atoms with Crippen LogP contribution in [0.2, 0.25) is 0 Å². The highest BCUT2D eigenvalue weighted by Gasteiger charge is 2.44. The number of Topliss-reactive ketones (excluding diaryl/α,β-unsaturated/α-hetero) is 1. The molecule has 8 heteroatoms. The van der Waals surface area contributed by atoms with Gasteiger partial charge in [-0.15, -0.1) is 0 Å². The predicted octanol–water partition coefficient (Wildman–Crippen LogP) is 6.62. The maximum atomic E-state index is 12.7. The van der Waals surface area contributed by atoms with Gasteiger partial charge in [-0.2, -0.15) is 0 Å². The second-order valence-electron chi connectivity index (χ2n) is 12.1. The Bertz CT molecular complexity index is 1610. The number of H-pyrrole nitrogens is 1. The third-order valence-electron chi connectivity index (χ3n) is 7.75. The number of hydrogen-bond donors (Lipinski definition) is 1. The van der Waals surface area contributed by atoms with Crippen LogP contribution >= 0.6 is 0 Å². The van der Waals surface area contributed by atoms with Crippen molar-refractivity contribution in [2.45, 2.75) is 65.5 Å². The second-order valence-corrected chi connectivity index (χ2v) is 12.1. The summed E-state index contributed by atoms with van der Waals surface area (Å²) in [7, 11) is 0. The van der Waals surface area contributed by atoms with E-state index >= 15 is 0 Å². The number of hydrogen-bond acceptors (Lipinski definition) is 6. The SMILES string of the molecule is CC(C)(C)OC(=O)N1CCc2ccc(Oc3ccnc4[nH]cc(-c5ccnc(CC(=O)C6(C)CC6)c5)c34)cc2C1. The highest BCUT2D eigenvalue weighted by molar-refractivity contribution is 5.98. The number of ether oxygens (including phenoxy) is 2. The van der Waals surface area contributed by atoms with Gasteiger partial charge < -0.3 is 19.4 Å². The topological polar surface area (TPSA) is 97.4 Å². The number of nitrogens with zero attached hydrogens (tertiary/aromatic N) is 3. The second kappa shape index (κ2) is 9.77. The van der Waals surface area contributed by atoms with Gasteiger partial charge in [-0.1, -0.05) is 13.0 Å². The summed E-state index contributed by atoms with van der Waals surface area (Å²) < 4.78 is 12.0. The van der Waals surface area contributed by atoms with E-state index in [2.05, 4.69) is 21.0 Å². The van der Waals surface area contributed by atoms with Crippen molar-refractivity contribution in [1.82, 2.24) is 19.9 Å². The fraction of sp³-hybridized carbons (Fsp3) is 0.375. The average Bonchev–Trinajstić information content (AvgIpc) is 3.52. The Morgan fingerprint density at radius 1 is 1.05 bits per heavy atom. The van der Waals surface area contributed by atoms with E-state index in [4.69, 9.17) is 9.47 Å². The Labute approximate surface area is 233 Å². The molecule has 0 atom stereocenters. The van der Waals surface area contributed by atoms with Crippen molar-refractivity contribution in [2.75, 3.05) is 6.54 Å². The van der Waals surface area contributed by atoms with E-state index in [9.17, 15) is 9.59 Å². The predicted molar refractivity (Wildman–Crippen MR) is 152 cm³/mol. The average molecular weight is 539 g/mol. The standard InChI is InChI=1S/C32H34N4O4/c1-31(2,3)40-30(38)36-14-9-20-5-6-24(16-22(20)19-36)39-26-8-13-34-29-28(26)25(18-35-29)21-7-12-33-23(15-21)17-27(37)32(4)10-11-32/h5-8,12-13,15-16,18H,9-11,14,17,19H2,1-4H3,(H,34,35).